The lowest BCUT2D eigenvalue weighted by molar-refractivity contribution is 0.0697. The second-order valence-electron chi connectivity index (χ2n) is 4.31. The summed E-state index contributed by atoms with van der Waals surface area (Å²) in [6.45, 7) is 0. The number of amides is 1. The van der Waals surface area contributed by atoms with Gasteiger partial charge in [0.15, 0.2) is 0 Å². The fraction of sp³-hybridized carbons (Fsp3) is 0.0667. The summed E-state index contributed by atoms with van der Waals surface area (Å²) in [5, 5.41) is 9.14. The van der Waals surface area contributed by atoms with E-state index in [-0.39, 0.29) is 16.8 Å². The first-order valence-electron chi connectivity index (χ1n) is 5.97. The molecule has 1 N–H and O–H groups in total. The van der Waals surface area contributed by atoms with Gasteiger partial charge in [0.1, 0.15) is 5.82 Å². The molecule has 0 heterocycles. The summed E-state index contributed by atoms with van der Waals surface area (Å²) in [7, 11) is 1.41. The minimum Gasteiger partial charge on any atom is -0.478 e. The number of halogens is 2. The number of carbonyl (C=O) groups excluding carboxylic acids is 1. The molecule has 2 aromatic rings. The lowest BCUT2D eigenvalue weighted by Gasteiger charge is -2.19. The van der Waals surface area contributed by atoms with Crippen LogP contribution < -0.4 is 4.90 Å². The standard InChI is InChI=1S/C15H11BrFNO3/c1-18(13-5-3-2-4-11(13)15(20)21)14(19)10-7-6-9(16)8-12(10)17/h2-8H,1H3,(H,20,21). The van der Waals surface area contributed by atoms with Crippen LogP contribution in [0, 0.1) is 5.82 Å². The first-order chi connectivity index (χ1) is 9.91. The largest absolute Gasteiger partial charge is 0.478 e. The molecule has 0 aliphatic rings. The van der Waals surface area contributed by atoms with Crippen LogP contribution in [0.3, 0.4) is 0 Å². The molecule has 6 heteroatoms. The van der Waals surface area contributed by atoms with Crippen molar-refractivity contribution < 1.29 is 19.1 Å². The Morgan fingerprint density at radius 3 is 2.43 bits per heavy atom. The van der Waals surface area contributed by atoms with Gasteiger partial charge in [-0.25, -0.2) is 9.18 Å². The molecule has 0 aliphatic heterocycles. The number of nitrogens with zero attached hydrogens (tertiary/aromatic N) is 1. The number of carboxylic acids is 1. The van der Waals surface area contributed by atoms with Crippen LogP contribution in [0.4, 0.5) is 10.1 Å². The van der Waals surface area contributed by atoms with E-state index in [0.29, 0.717) is 4.47 Å². The topological polar surface area (TPSA) is 57.6 Å². The van der Waals surface area contributed by atoms with Gasteiger partial charge in [-0.1, -0.05) is 28.1 Å². The van der Waals surface area contributed by atoms with E-state index >= 15 is 0 Å². The highest BCUT2D eigenvalue weighted by atomic mass is 79.9. The number of para-hydroxylation sites is 1. The molecule has 0 saturated carbocycles. The third-order valence-electron chi connectivity index (χ3n) is 2.96. The Bertz CT molecular complexity index is 718. The van der Waals surface area contributed by atoms with Gasteiger partial charge < -0.3 is 10.0 Å². The zero-order valence-corrected chi connectivity index (χ0v) is 12.6. The Labute approximate surface area is 128 Å². The molecule has 0 radical (unpaired) electrons. The zero-order valence-electron chi connectivity index (χ0n) is 11.0. The van der Waals surface area contributed by atoms with Crippen molar-refractivity contribution in [2.45, 2.75) is 0 Å². The number of anilines is 1. The van der Waals surface area contributed by atoms with Crippen LogP contribution in [0.1, 0.15) is 20.7 Å². The van der Waals surface area contributed by atoms with Crippen LogP contribution in [-0.2, 0) is 0 Å². The van der Waals surface area contributed by atoms with E-state index in [1.165, 1.54) is 31.3 Å². The predicted molar refractivity (Wildman–Crippen MR) is 80.2 cm³/mol. The molecule has 21 heavy (non-hydrogen) atoms. The second-order valence-corrected chi connectivity index (χ2v) is 5.23. The SMILES string of the molecule is CN(C(=O)c1ccc(Br)cc1F)c1ccccc1C(=O)O. The third-order valence-corrected chi connectivity index (χ3v) is 3.46. The van der Waals surface area contributed by atoms with Crippen molar-refractivity contribution in [1.82, 2.24) is 0 Å². The van der Waals surface area contributed by atoms with Crippen molar-refractivity contribution in [3.05, 3.63) is 63.9 Å². The summed E-state index contributed by atoms with van der Waals surface area (Å²) >= 11 is 3.12. The molecule has 1 amide bonds. The van der Waals surface area contributed by atoms with Crippen molar-refractivity contribution in [2.75, 3.05) is 11.9 Å². The lowest BCUT2D eigenvalue weighted by Crippen LogP contribution is -2.28. The summed E-state index contributed by atoms with van der Waals surface area (Å²) < 4.78 is 14.4. The quantitative estimate of drug-likeness (QED) is 0.919. The normalized spacial score (nSPS) is 10.2. The van der Waals surface area contributed by atoms with Gasteiger partial charge in [-0.05, 0) is 30.3 Å². The molecule has 0 spiro atoms. The van der Waals surface area contributed by atoms with E-state index in [1.807, 2.05) is 0 Å². The molecule has 0 aromatic heterocycles. The Hall–Kier alpha value is -2.21. The molecular formula is C15H11BrFNO3. The molecule has 2 rings (SSSR count). The van der Waals surface area contributed by atoms with Gasteiger partial charge in [0.05, 0.1) is 16.8 Å². The molecule has 2 aromatic carbocycles. The summed E-state index contributed by atoms with van der Waals surface area (Å²) in [6.07, 6.45) is 0. The maximum atomic E-state index is 13.8. The van der Waals surface area contributed by atoms with Gasteiger partial charge in [-0.15, -0.1) is 0 Å². The van der Waals surface area contributed by atoms with Gasteiger partial charge in [0.2, 0.25) is 0 Å². The fourth-order valence-corrected chi connectivity index (χ4v) is 2.23. The van der Waals surface area contributed by atoms with Crippen LogP contribution in [0.15, 0.2) is 46.9 Å². The number of carboxylic acid groups (broad SMARTS) is 1. The van der Waals surface area contributed by atoms with Crippen molar-refractivity contribution in [1.29, 1.82) is 0 Å². The van der Waals surface area contributed by atoms with Gasteiger partial charge >= 0.3 is 5.97 Å². The first kappa shape index (κ1) is 15.2. The number of carbonyl (C=O) groups is 2. The van der Waals surface area contributed by atoms with Gasteiger partial charge in [0.25, 0.3) is 5.91 Å². The van der Waals surface area contributed by atoms with E-state index < -0.39 is 17.7 Å². The predicted octanol–water partition coefficient (Wildman–Crippen LogP) is 3.56. The summed E-state index contributed by atoms with van der Waals surface area (Å²) in [5.74, 6) is -2.44. The summed E-state index contributed by atoms with van der Waals surface area (Å²) in [4.78, 5) is 24.6. The average Bonchev–Trinajstić information content (AvgIpc) is 2.45. The van der Waals surface area contributed by atoms with E-state index in [4.69, 9.17) is 5.11 Å². The Morgan fingerprint density at radius 1 is 1.14 bits per heavy atom. The molecule has 0 bridgehead atoms. The van der Waals surface area contributed by atoms with Crippen LogP contribution >= 0.6 is 15.9 Å². The number of aromatic carboxylic acids is 1. The van der Waals surface area contributed by atoms with Gasteiger partial charge in [-0.2, -0.15) is 0 Å². The fourth-order valence-electron chi connectivity index (χ4n) is 1.90. The maximum Gasteiger partial charge on any atom is 0.337 e. The van der Waals surface area contributed by atoms with Crippen molar-refractivity contribution in [3.63, 3.8) is 0 Å². The maximum absolute atomic E-state index is 13.8. The highest BCUT2D eigenvalue weighted by Gasteiger charge is 2.21. The molecule has 0 atom stereocenters. The minimum atomic E-state index is -1.15. The Kier molecular flexibility index (Phi) is 4.37. The molecule has 4 nitrogen and oxygen atoms in total. The van der Waals surface area contributed by atoms with Crippen LogP contribution in [0.5, 0.6) is 0 Å². The van der Waals surface area contributed by atoms with E-state index in [9.17, 15) is 14.0 Å². The number of hydrogen-bond acceptors (Lipinski definition) is 2. The molecule has 108 valence electrons. The van der Waals surface area contributed by atoms with Crippen LogP contribution in [-0.4, -0.2) is 24.0 Å². The van der Waals surface area contributed by atoms with Crippen molar-refractivity contribution >= 4 is 33.5 Å². The molecule has 0 unspecified atom stereocenters. The van der Waals surface area contributed by atoms with E-state index in [1.54, 1.807) is 18.2 Å². The summed E-state index contributed by atoms with van der Waals surface area (Å²) in [6, 6.07) is 10.1. The molecule has 0 aliphatic carbocycles. The van der Waals surface area contributed by atoms with Crippen LogP contribution in [0.25, 0.3) is 0 Å². The highest BCUT2D eigenvalue weighted by molar-refractivity contribution is 9.10. The highest BCUT2D eigenvalue weighted by Crippen LogP contribution is 2.23. The first-order valence-corrected chi connectivity index (χ1v) is 6.76. The van der Waals surface area contributed by atoms with Crippen LogP contribution in [0.2, 0.25) is 0 Å². The molecule has 0 saturated heterocycles. The number of benzene rings is 2. The monoisotopic (exact) mass is 351 g/mol. The number of hydrogen-bond donors (Lipinski definition) is 1. The second kappa shape index (κ2) is 6.05. The summed E-state index contributed by atoms with van der Waals surface area (Å²) in [5.41, 5.74) is 0.0593. The lowest BCUT2D eigenvalue weighted by atomic mass is 10.1. The third kappa shape index (κ3) is 3.11. The smallest absolute Gasteiger partial charge is 0.337 e. The minimum absolute atomic E-state index is 0.0223. The van der Waals surface area contributed by atoms with E-state index in [2.05, 4.69) is 15.9 Å². The van der Waals surface area contributed by atoms with Gasteiger partial charge in [-0.3, -0.25) is 4.79 Å². The van der Waals surface area contributed by atoms with Crippen molar-refractivity contribution in [2.24, 2.45) is 0 Å². The van der Waals surface area contributed by atoms with Gasteiger partial charge in [0, 0.05) is 11.5 Å². The van der Waals surface area contributed by atoms with Crippen molar-refractivity contribution in [3.8, 4) is 0 Å². The zero-order chi connectivity index (χ0) is 15.6. The Balaban J connectivity index is 2.42. The van der Waals surface area contributed by atoms with E-state index in [0.717, 1.165) is 4.90 Å². The average molecular weight is 352 g/mol. The molecular weight excluding hydrogens is 341 g/mol. The number of rotatable bonds is 3. The Morgan fingerprint density at radius 2 is 1.81 bits per heavy atom. The molecule has 0 fully saturated rings.